The van der Waals surface area contributed by atoms with Gasteiger partial charge in [-0.25, -0.2) is 8.42 Å². The second kappa shape index (κ2) is 7.65. The van der Waals surface area contributed by atoms with E-state index in [0.29, 0.717) is 29.4 Å². The second-order valence-electron chi connectivity index (χ2n) is 6.24. The maximum atomic E-state index is 12.5. The minimum absolute atomic E-state index is 0.0395. The monoisotopic (exact) mass is 393 g/mol. The van der Waals surface area contributed by atoms with Crippen LogP contribution in [0.4, 0.5) is 5.69 Å². The molecule has 0 radical (unpaired) electrons. The van der Waals surface area contributed by atoms with Crippen molar-refractivity contribution in [2.45, 2.75) is 4.90 Å². The number of nitrogens with one attached hydrogen (secondary N) is 1. The molecule has 1 fully saturated rings. The SMILES string of the molecule is CN1CCN(C(=O)c2ccc(NS(=O)(=O)c3cccc(Cl)c3)cc2)CC1. The van der Waals surface area contributed by atoms with Crippen molar-refractivity contribution in [2.24, 2.45) is 0 Å². The third kappa shape index (κ3) is 4.35. The summed E-state index contributed by atoms with van der Waals surface area (Å²) in [6.45, 7) is 3.09. The van der Waals surface area contributed by atoms with Gasteiger partial charge in [0, 0.05) is 42.5 Å². The third-order valence-electron chi connectivity index (χ3n) is 4.28. The quantitative estimate of drug-likeness (QED) is 0.866. The number of rotatable bonds is 4. The molecule has 8 heteroatoms. The third-order valence-corrected chi connectivity index (χ3v) is 5.90. The summed E-state index contributed by atoms with van der Waals surface area (Å²) < 4.78 is 27.3. The molecule has 0 bridgehead atoms. The molecule has 0 saturated carbocycles. The first-order valence-electron chi connectivity index (χ1n) is 8.21. The molecule has 1 saturated heterocycles. The summed E-state index contributed by atoms with van der Waals surface area (Å²) >= 11 is 5.85. The number of hydrogen-bond acceptors (Lipinski definition) is 4. The van der Waals surface area contributed by atoms with Gasteiger partial charge < -0.3 is 9.80 Å². The molecular formula is C18H20ClN3O3S. The van der Waals surface area contributed by atoms with Gasteiger partial charge in [0.1, 0.15) is 0 Å². The van der Waals surface area contributed by atoms with Crippen LogP contribution in [0.15, 0.2) is 53.4 Å². The highest BCUT2D eigenvalue weighted by Crippen LogP contribution is 2.20. The number of anilines is 1. The summed E-state index contributed by atoms with van der Waals surface area (Å²) in [6, 6.07) is 12.5. The normalized spacial score (nSPS) is 15.7. The molecule has 1 aliphatic rings. The summed E-state index contributed by atoms with van der Waals surface area (Å²) in [5.74, 6) is -0.0395. The van der Waals surface area contributed by atoms with Crippen LogP contribution < -0.4 is 4.72 Å². The van der Waals surface area contributed by atoms with Crippen LogP contribution in [-0.4, -0.2) is 57.4 Å². The molecule has 0 aliphatic carbocycles. The Morgan fingerprint density at radius 3 is 2.31 bits per heavy atom. The zero-order valence-electron chi connectivity index (χ0n) is 14.4. The lowest BCUT2D eigenvalue weighted by atomic mass is 10.1. The molecule has 0 aromatic heterocycles. The van der Waals surface area contributed by atoms with Gasteiger partial charge in [-0.1, -0.05) is 17.7 Å². The lowest BCUT2D eigenvalue weighted by Crippen LogP contribution is -2.47. The van der Waals surface area contributed by atoms with E-state index < -0.39 is 10.0 Å². The molecule has 2 aromatic carbocycles. The molecule has 1 N–H and O–H groups in total. The van der Waals surface area contributed by atoms with Crippen LogP contribution in [-0.2, 0) is 10.0 Å². The summed E-state index contributed by atoms with van der Waals surface area (Å²) in [6.07, 6.45) is 0. The van der Waals surface area contributed by atoms with Gasteiger partial charge in [-0.05, 0) is 49.5 Å². The first-order valence-corrected chi connectivity index (χ1v) is 10.1. The molecule has 1 heterocycles. The Morgan fingerprint density at radius 2 is 1.69 bits per heavy atom. The van der Waals surface area contributed by atoms with E-state index in [0.717, 1.165) is 13.1 Å². The molecule has 0 spiro atoms. The summed E-state index contributed by atoms with van der Waals surface area (Å²) in [5.41, 5.74) is 0.931. The van der Waals surface area contributed by atoms with Gasteiger partial charge in [-0.2, -0.15) is 0 Å². The van der Waals surface area contributed by atoms with Crippen molar-refractivity contribution in [3.05, 3.63) is 59.1 Å². The molecule has 1 amide bonds. The van der Waals surface area contributed by atoms with Crippen molar-refractivity contribution >= 4 is 33.2 Å². The molecule has 26 heavy (non-hydrogen) atoms. The van der Waals surface area contributed by atoms with E-state index >= 15 is 0 Å². The van der Waals surface area contributed by atoms with Crippen molar-refractivity contribution in [3.8, 4) is 0 Å². The van der Waals surface area contributed by atoms with Gasteiger partial charge in [0.15, 0.2) is 0 Å². The Labute approximate surface area is 158 Å². The molecule has 0 atom stereocenters. The van der Waals surface area contributed by atoms with Crippen LogP contribution in [0, 0.1) is 0 Å². The highest BCUT2D eigenvalue weighted by Gasteiger charge is 2.20. The number of carbonyl (C=O) groups is 1. The Morgan fingerprint density at radius 1 is 1.04 bits per heavy atom. The van der Waals surface area contributed by atoms with E-state index in [1.165, 1.54) is 12.1 Å². The predicted octanol–water partition coefficient (Wildman–Crippen LogP) is 2.53. The van der Waals surface area contributed by atoms with E-state index in [1.807, 2.05) is 11.9 Å². The average molecular weight is 394 g/mol. The standard InChI is InChI=1S/C18H20ClN3O3S/c1-21-9-11-22(12-10-21)18(23)14-5-7-16(8-6-14)20-26(24,25)17-4-2-3-15(19)13-17/h2-8,13,20H,9-12H2,1H3. The minimum Gasteiger partial charge on any atom is -0.336 e. The highest BCUT2D eigenvalue weighted by molar-refractivity contribution is 7.92. The maximum absolute atomic E-state index is 12.5. The van der Waals surface area contributed by atoms with Crippen LogP contribution >= 0.6 is 11.6 Å². The van der Waals surface area contributed by atoms with Crippen LogP contribution in [0.1, 0.15) is 10.4 Å². The van der Waals surface area contributed by atoms with E-state index in [9.17, 15) is 13.2 Å². The summed E-state index contributed by atoms with van der Waals surface area (Å²) in [5, 5.41) is 0.348. The zero-order chi connectivity index (χ0) is 18.7. The van der Waals surface area contributed by atoms with Crippen LogP contribution in [0.2, 0.25) is 5.02 Å². The smallest absolute Gasteiger partial charge is 0.261 e. The second-order valence-corrected chi connectivity index (χ2v) is 8.35. The van der Waals surface area contributed by atoms with Crippen LogP contribution in [0.3, 0.4) is 0 Å². The molecule has 6 nitrogen and oxygen atoms in total. The Bertz CT molecular complexity index is 892. The fourth-order valence-corrected chi connectivity index (χ4v) is 4.08. The number of nitrogens with zero attached hydrogens (tertiary/aromatic N) is 2. The number of halogens is 1. The molecule has 3 rings (SSSR count). The minimum atomic E-state index is -3.73. The van der Waals surface area contributed by atoms with Gasteiger partial charge in [0.2, 0.25) is 0 Å². The van der Waals surface area contributed by atoms with E-state index in [1.54, 1.807) is 36.4 Å². The first kappa shape index (κ1) is 18.7. The van der Waals surface area contributed by atoms with Gasteiger partial charge >= 0.3 is 0 Å². The lowest BCUT2D eigenvalue weighted by molar-refractivity contribution is 0.0664. The number of sulfonamides is 1. The number of hydrogen-bond donors (Lipinski definition) is 1. The largest absolute Gasteiger partial charge is 0.336 e. The van der Waals surface area contributed by atoms with E-state index in [2.05, 4.69) is 9.62 Å². The highest BCUT2D eigenvalue weighted by atomic mass is 35.5. The van der Waals surface area contributed by atoms with Crippen LogP contribution in [0.25, 0.3) is 0 Å². The number of likely N-dealkylation sites (N-methyl/N-ethyl adjacent to an activating group) is 1. The Balaban J connectivity index is 1.70. The Hall–Kier alpha value is -2.09. The Kier molecular flexibility index (Phi) is 5.50. The molecule has 2 aromatic rings. The first-order chi connectivity index (χ1) is 12.3. The maximum Gasteiger partial charge on any atom is 0.261 e. The van der Waals surface area contributed by atoms with Crippen molar-refractivity contribution in [1.82, 2.24) is 9.80 Å². The van der Waals surface area contributed by atoms with E-state index in [-0.39, 0.29) is 10.8 Å². The molecule has 1 aliphatic heterocycles. The predicted molar refractivity (Wildman–Crippen MR) is 102 cm³/mol. The average Bonchev–Trinajstić information content (AvgIpc) is 2.62. The van der Waals surface area contributed by atoms with Gasteiger partial charge in [-0.15, -0.1) is 0 Å². The van der Waals surface area contributed by atoms with Crippen molar-refractivity contribution in [2.75, 3.05) is 37.9 Å². The summed E-state index contributed by atoms with van der Waals surface area (Å²) in [4.78, 5) is 16.6. The fourth-order valence-electron chi connectivity index (χ4n) is 2.72. The van der Waals surface area contributed by atoms with Crippen LogP contribution in [0.5, 0.6) is 0 Å². The topological polar surface area (TPSA) is 69.7 Å². The van der Waals surface area contributed by atoms with Crippen molar-refractivity contribution in [1.29, 1.82) is 0 Å². The number of carbonyl (C=O) groups excluding carboxylic acids is 1. The fraction of sp³-hybridized carbons (Fsp3) is 0.278. The lowest BCUT2D eigenvalue weighted by Gasteiger charge is -2.32. The van der Waals surface area contributed by atoms with Gasteiger partial charge in [-0.3, -0.25) is 9.52 Å². The van der Waals surface area contributed by atoms with Crippen molar-refractivity contribution < 1.29 is 13.2 Å². The van der Waals surface area contributed by atoms with E-state index in [4.69, 9.17) is 11.6 Å². The molecule has 138 valence electrons. The number of piperazine rings is 1. The zero-order valence-corrected chi connectivity index (χ0v) is 15.9. The van der Waals surface area contributed by atoms with Crippen molar-refractivity contribution in [3.63, 3.8) is 0 Å². The molecular weight excluding hydrogens is 374 g/mol. The van der Waals surface area contributed by atoms with Gasteiger partial charge in [0.05, 0.1) is 4.90 Å². The summed E-state index contributed by atoms with van der Waals surface area (Å²) in [7, 11) is -1.70. The van der Waals surface area contributed by atoms with Gasteiger partial charge in [0.25, 0.3) is 15.9 Å². The number of amides is 1. The molecule has 0 unspecified atom stereocenters. The number of benzene rings is 2.